The van der Waals surface area contributed by atoms with E-state index in [1.807, 2.05) is 0 Å². The molecule has 3 heterocycles. The summed E-state index contributed by atoms with van der Waals surface area (Å²) in [5.74, 6) is -3.73. The number of aliphatic hydroxyl groups is 1. The molecule has 0 spiro atoms. The van der Waals surface area contributed by atoms with Gasteiger partial charge in [0, 0.05) is 56.6 Å². The van der Waals surface area contributed by atoms with Crippen LogP contribution in [0, 0.1) is 24.5 Å². The van der Waals surface area contributed by atoms with Crippen LogP contribution < -0.4 is 15.4 Å². The van der Waals surface area contributed by atoms with Crippen LogP contribution in [0.5, 0.6) is 5.75 Å². The Balaban J connectivity index is 1.22. The minimum absolute atomic E-state index is 0.0205. The van der Waals surface area contributed by atoms with Gasteiger partial charge in [-0.25, -0.2) is 9.37 Å². The molecule has 0 radical (unpaired) electrons. The van der Waals surface area contributed by atoms with Gasteiger partial charge in [-0.15, -0.1) is 0 Å². The number of methoxy groups -OCH3 is 1. The van der Waals surface area contributed by atoms with Crippen molar-refractivity contribution in [1.82, 2.24) is 24.7 Å². The molecule has 2 fully saturated rings. The predicted molar refractivity (Wildman–Crippen MR) is 154 cm³/mol. The molecule has 11 nitrogen and oxygen atoms in total. The lowest BCUT2D eigenvalue weighted by Crippen LogP contribution is -2.55. The number of nitrogens with zero attached hydrogens (tertiary/aromatic N) is 4. The molecule has 2 aliphatic heterocycles. The van der Waals surface area contributed by atoms with E-state index in [0.717, 1.165) is 0 Å². The summed E-state index contributed by atoms with van der Waals surface area (Å²) in [5, 5.41) is 16.0. The van der Waals surface area contributed by atoms with E-state index in [1.54, 1.807) is 34.9 Å². The minimum atomic E-state index is -1.13. The van der Waals surface area contributed by atoms with Gasteiger partial charge < -0.3 is 34.8 Å². The van der Waals surface area contributed by atoms with Crippen molar-refractivity contribution >= 4 is 23.4 Å². The number of rotatable bonds is 6. The number of β-amino-alcohol motifs (C(OH)–C–C–N with tert-alkyl or cyclic N) is 1. The van der Waals surface area contributed by atoms with E-state index in [1.165, 1.54) is 37.1 Å². The predicted octanol–water partition coefficient (Wildman–Crippen LogP) is 2.19. The van der Waals surface area contributed by atoms with Gasteiger partial charge in [-0.1, -0.05) is 0 Å². The largest absolute Gasteiger partial charge is 0.494 e. The number of benzene rings is 2. The molecule has 228 valence electrons. The third kappa shape index (κ3) is 5.95. The van der Waals surface area contributed by atoms with E-state index in [9.17, 15) is 28.3 Å². The highest BCUT2D eigenvalue weighted by molar-refractivity contribution is 6.03. The average molecular weight is 597 g/mol. The van der Waals surface area contributed by atoms with Crippen molar-refractivity contribution in [3.05, 3.63) is 65.1 Å². The van der Waals surface area contributed by atoms with Crippen LogP contribution in [0.25, 0.3) is 11.3 Å². The van der Waals surface area contributed by atoms with Crippen LogP contribution in [0.3, 0.4) is 0 Å². The van der Waals surface area contributed by atoms with E-state index in [2.05, 4.69) is 15.6 Å². The molecular weight excluding hydrogens is 562 g/mol. The van der Waals surface area contributed by atoms with Gasteiger partial charge in [0.15, 0.2) is 17.4 Å². The van der Waals surface area contributed by atoms with Crippen LogP contribution >= 0.6 is 0 Å². The van der Waals surface area contributed by atoms with E-state index in [4.69, 9.17) is 4.74 Å². The summed E-state index contributed by atoms with van der Waals surface area (Å²) in [5.41, 5.74) is 1.69. The lowest BCUT2D eigenvalue weighted by atomic mass is 9.93. The lowest BCUT2D eigenvalue weighted by Gasteiger charge is -2.38. The third-order valence-electron chi connectivity index (χ3n) is 8.09. The standard InChI is InChI=1S/C30H34F2N6O5/c1-17-14-18(35-28(40)27-34-15-22(36(27)2)20-6-7-24(43-3)26(32)25(20)31)4-5-19(17)29(41)37-10-12-38(13-11-37)30(42)21-8-9-33-16-23(21)39/h4-7,14-15,21,23,33,39H,8-13,16H2,1-3H3,(H,35,40)/t21-,23+/m1/s1. The fourth-order valence-corrected chi connectivity index (χ4v) is 5.59. The number of carbonyl (C=O) groups excluding carboxylic acids is 3. The Kier molecular flexibility index (Phi) is 8.74. The zero-order valence-electron chi connectivity index (χ0n) is 24.2. The van der Waals surface area contributed by atoms with E-state index < -0.39 is 29.6 Å². The maximum Gasteiger partial charge on any atom is 0.291 e. The Morgan fingerprint density at radius 1 is 1.07 bits per heavy atom. The first-order valence-electron chi connectivity index (χ1n) is 14.0. The van der Waals surface area contributed by atoms with E-state index in [-0.39, 0.29) is 34.6 Å². The number of imidazole rings is 1. The molecule has 3 N–H and O–H groups in total. The molecular formula is C30H34F2N6O5. The van der Waals surface area contributed by atoms with Crippen LogP contribution in [0.15, 0.2) is 36.5 Å². The van der Waals surface area contributed by atoms with Gasteiger partial charge in [-0.3, -0.25) is 14.4 Å². The molecule has 2 atom stereocenters. The van der Waals surface area contributed by atoms with Crippen LogP contribution in [-0.4, -0.2) is 94.7 Å². The number of aryl methyl sites for hydroxylation is 1. The summed E-state index contributed by atoms with van der Waals surface area (Å²) >= 11 is 0. The molecule has 2 aromatic carbocycles. The molecule has 0 aliphatic carbocycles. The van der Waals surface area contributed by atoms with Gasteiger partial charge in [0.25, 0.3) is 11.8 Å². The maximum absolute atomic E-state index is 14.6. The Bertz CT molecular complexity index is 1550. The molecule has 13 heteroatoms. The van der Waals surface area contributed by atoms with E-state index >= 15 is 0 Å². The van der Waals surface area contributed by atoms with Crippen molar-refractivity contribution in [2.24, 2.45) is 13.0 Å². The number of carbonyl (C=O) groups is 3. The number of piperidine rings is 1. The van der Waals surface area contributed by atoms with Crippen molar-refractivity contribution < 1.29 is 33.0 Å². The molecule has 0 bridgehead atoms. The van der Waals surface area contributed by atoms with Crippen molar-refractivity contribution in [2.45, 2.75) is 19.4 Å². The SMILES string of the molecule is COc1ccc(-c2cnc(C(=O)Nc3ccc(C(=O)N4CCN(C(=O)[C@@H]5CCNC[C@@H]5O)CC4)c(C)c3)n2C)c(F)c1F. The molecule has 3 amide bonds. The van der Waals surface area contributed by atoms with Crippen molar-refractivity contribution in [3.63, 3.8) is 0 Å². The second-order valence-electron chi connectivity index (χ2n) is 10.7. The highest BCUT2D eigenvalue weighted by Crippen LogP contribution is 2.30. The van der Waals surface area contributed by atoms with Crippen molar-refractivity contribution in [3.8, 4) is 17.0 Å². The second-order valence-corrected chi connectivity index (χ2v) is 10.7. The summed E-state index contributed by atoms with van der Waals surface area (Å²) in [7, 11) is 2.76. The highest BCUT2D eigenvalue weighted by Gasteiger charge is 2.34. The van der Waals surface area contributed by atoms with Gasteiger partial charge in [0.2, 0.25) is 11.7 Å². The first kappa shape index (κ1) is 30.1. The first-order valence-corrected chi connectivity index (χ1v) is 14.0. The van der Waals surface area contributed by atoms with Crippen molar-refractivity contribution in [1.29, 1.82) is 0 Å². The van der Waals surface area contributed by atoms with Crippen LogP contribution in [0.2, 0.25) is 0 Å². The molecule has 43 heavy (non-hydrogen) atoms. The maximum atomic E-state index is 14.6. The fourth-order valence-electron chi connectivity index (χ4n) is 5.59. The Labute approximate surface area is 247 Å². The molecule has 2 aliphatic rings. The zero-order valence-corrected chi connectivity index (χ0v) is 24.2. The molecule has 1 aromatic heterocycles. The summed E-state index contributed by atoms with van der Waals surface area (Å²) in [4.78, 5) is 46.7. The molecule has 0 saturated carbocycles. The minimum Gasteiger partial charge on any atom is -0.494 e. The summed E-state index contributed by atoms with van der Waals surface area (Å²) in [6.45, 7) is 4.41. The summed E-state index contributed by atoms with van der Waals surface area (Å²) in [6, 6.07) is 7.57. The molecule has 2 saturated heterocycles. The van der Waals surface area contributed by atoms with Gasteiger partial charge in [0.05, 0.1) is 31.0 Å². The number of aliphatic hydroxyl groups excluding tert-OH is 1. The normalized spacial score (nSPS) is 18.8. The summed E-state index contributed by atoms with van der Waals surface area (Å²) in [6.07, 6.45) is 1.17. The van der Waals surface area contributed by atoms with Gasteiger partial charge >= 0.3 is 0 Å². The van der Waals surface area contributed by atoms with Crippen molar-refractivity contribution in [2.75, 3.05) is 51.7 Å². The summed E-state index contributed by atoms with van der Waals surface area (Å²) < 4.78 is 35.1. The van der Waals surface area contributed by atoms with Crippen LogP contribution in [-0.2, 0) is 11.8 Å². The topological polar surface area (TPSA) is 129 Å². The van der Waals surface area contributed by atoms with Gasteiger partial charge in [-0.2, -0.15) is 4.39 Å². The Morgan fingerprint density at radius 3 is 2.47 bits per heavy atom. The highest BCUT2D eigenvalue weighted by atomic mass is 19.2. The number of hydrogen-bond acceptors (Lipinski definition) is 7. The Hall–Kier alpha value is -4.36. The third-order valence-corrected chi connectivity index (χ3v) is 8.09. The zero-order chi connectivity index (χ0) is 30.8. The first-order chi connectivity index (χ1) is 20.6. The van der Waals surface area contributed by atoms with Gasteiger partial charge in [-0.05, 0) is 55.8 Å². The number of piperazine rings is 1. The molecule has 3 aromatic rings. The number of hydrogen-bond donors (Lipinski definition) is 3. The molecule has 5 rings (SSSR count). The number of ether oxygens (including phenoxy) is 1. The number of aromatic nitrogens is 2. The fraction of sp³-hybridized carbons (Fsp3) is 0.400. The second kappa shape index (κ2) is 12.5. The number of nitrogens with one attached hydrogen (secondary N) is 2. The number of halogens is 2. The van der Waals surface area contributed by atoms with Crippen LogP contribution in [0.1, 0.15) is 33.0 Å². The van der Waals surface area contributed by atoms with Gasteiger partial charge in [0.1, 0.15) is 0 Å². The van der Waals surface area contributed by atoms with Crippen LogP contribution in [0.4, 0.5) is 14.5 Å². The molecule has 0 unspecified atom stereocenters. The lowest BCUT2D eigenvalue weighted by molar-refractivity contribution is -0.141. The van der Waals surface area contributed by atoms with E-state index in [0.29, 0.717) is 62.5 Å². The number of anilines is 1. The smallest absolute Gasteiger partial charge is 0.291 e. The number of amides is 3. The quantitative estimate of drug-likeness (QED) is 0.398. The monoisotopic (exact) mass is 596 g/mol. The Morgan fingerprint density at radius 2 is 1.79 bits per heavy atom. The average Bonchev–Trinajstić information content (AvgIpc) is 3.39.